The molecule has 1 N–H and O–H groups in total. The first-order chi connectivity index (χ1) is 10.2. The van der Waals surface area contributed by atoms with Crippen LogP contribution in [0.2, 0.25) is 0 Å². The average molecular weight is 316 g/mol. The van der Waals surface area contributed by atoms with Gasteiger partial charge in [-0.15, -0.1) is 0 Å². The summed E-state index contributed by atoms with van der Waals surface area (Å²) >= 11 is 2.02. The van der Waals surface area contributed by atoms with E-state index in [1.54, 1.807) is 7.11 Å². The van der Waals surface area contributed by atoms with Crippen molar-refractivity contribution >= 4 is 11.8 Å². The van der Waals surface area contributed by atoms with Crippen LogP contribution in [0.4, 0.5) is 0 Å². The largest absolute Gasteiger partial charge is 0.390 e. The van der Waals surface area contributed by atoms with Crippen molar-refractivity contribution in [1.82, 2.24) is 0 Å². The van der Waals surface area contributed by atoms with Crippen molar-refractivity contribution in [2.45, 2.75) is 55.8 Å². The Bertz CT molecular complexity index is 332. The van der Waals surface area contributed by atoms with E-state index in [1.165, 1.54) is 11.5 Å². The van der Waals surface area contributed by atoms with Crippen molar-refractivity contribution in [2.75, 3.05) is 38.4 Å². The zero-order valence-electron chi connectivity index (χ0n) is 13.0. The van der Waals surface area contributed by atoms with Crippen LogP contribution >= 0.6 is 11.8 Å². The molecule has 0 aromatic heterocycles. The molecule has 5 heteroatoms. The van der Waals surface area contributed by atoms with E-state index in [9.17, 15) is 5.11 Å². The number of aliphatic hydroxyl groups is 1. The fraction of sp³-hybridized carbons (Fsp3) is 1.00. The van der Waals surface area contributed by atoms with E-state index in [0.29, 0.717) is 19.1 Å². The predicted octanol–water partition coefficient (Wildman–Crippen LogP) is 2.24. The Morgan fingerprint density at radius 2 is 1.86 bits per heavy atom. The molecule has 3 fully saturated rings. The molecule has 0 amide bonds. The van der Waals surface area contributed by atoms with Crippen LogP contribution in [-0.2, 0) is 14.2 Å². The Morgan fingerprint density at radius 1 is 1.14 bits per heavy atom. The molecular formula is C16H28O4S. The van der Waals surface area contributed by atoms with Crippen molar-refractivity contribution < 1.29 is 19.3 Å². The van der Waals surface area contributed by atoms with E-state index in [1.807, 2.05) is 11.8 Å². The summed E-state index contributed by atoms with van der Waals surface area (Å²) in [5.41, 5.74) is -0.389. The van der Waals surface area contributed by atoms with Gasteiger partial charge in [-0.05, 0) is 43.1 Å². The molecule has 3 aliphatic rings. The van der Waals surface area contributed by atoms with Gasteiger partial charge in [0.15, 0.2) is 0 Å². The Balaban J connectivity index is 1.69. The molecule has 1 spiro atoms. The Labute approximate surface area is 131 Å². The molecule has 3 heterocycles. The molecule has 0 saturated carbocycles. The quantitative estimate of drug-likeness (QED) is 0.865. The summed E-state index contributed by atoms with van der Waals surface area (Å²) in [7, 11) is 1.74. The van der Waals surface area contributed by atoms with Gasteiger partial charge >= 0.3 is 0 Å². The molecule has 0 aromatic rings. The van der Waals surface area contributed by atoms with Crippen LogP contribution in [0.5, 0.6) is 0 Å². The zero-order valence-corrected chi connectivity index (χ0v) is 13.8. The lowest BCUT2D eigenvalue weighted by molar-refractivity contribution is -0.193. The molecule has 0 aliphatic carbocycles. The van der Waals surface area contributed by atoms with E-state index in [4.69, 9.17) is 14.2 Å². The summed E-state index contributed by atoms with van der Waals surface area (Å²) < 4.78 is 17.4. The molecule has 2 atom stereocenters. The van der Waals surface area contributed by atoms with Gasteiger partial charge in [0.05, 0.1) is 17.3 Å². The molecule has 3 saturated heterocycles. The van der Waals surface area contributed by atoms with Crippen LogP contribution in [0.15, 0.2) is 0 Å². The van der Waals surface area contributed by atoms with E-state index < -0.39 is 11.7 Å². The molecule has 0 aromatic carbocycles. The summed E-state index contributed by atoms with van der Waals surface area (Å²) in [5, 5.41) is 11.0. The van der Waals surface area contributed by atoms with Gasteiger partial charge in [-0.1, -0.05) is 0 Å². The Morgan fingerprint density at radius 3 is 2.52 bits per heavy atom. The Hall–Kier alpha value is 0.190. The highest BCUT2D eigenvalue weighted by Gasteiger charge is 2.48. The van der Waals surface area contributed by atoms with Gasteiger partial charge in [-0.3, -0.25) is 0 Å². The second-order valence-electron chi connectivity index (χ2n) is 6.72. The average Bonchev–Trinajstić information content (AvgIpc) is 2.55. The summed E-state index contributed by atoms with van der Waals surface area (Å²) in [5.74, 6) is 2.66. The van der Waals surface area contributed by atoms with Crippen molar-refractivity contribution in [3.8, 4) is 0 Å². The number of thioether (sulfide) groups is 1. The lowest BCUT2D eigenvalue weighted by Gasteiger charge is -2.49. The topological polar surface area (TPSA) is 47.9 Å². The molecule has 3 aliphatic heterocycles. The molecule has 2 unspecified atom stereocenters. The minimum atomic E-state index is -0.412. The first-order valence-corrected chi connectivity index (χ1v) is 9.38. The van der Waals surface area contributed by atoms with E-state index in [0.717, 1.165) is 45.1 Å². The maximum Gasteiger partial charge on any atom is 0.0982 e. The number of aliphatic hydroxyl groups excluding tert-OH is 1. The third-order valence-electron chi connectivity index (χ3n) is 5.67. The van der Waals surface area contributed by atoms with Crippen molar-refractivity contribution in [2.24, 2.45) is 5.92 Å². The molecular weight excluding hydrogens is 288 g/mol. The number of ether oxygens (including phenoxy) is 3. The summed E-state index contributed by atoms with van der Waals surface area (Å²) in [4.78, 5) is 0. The monoisotopic (exact) mass is 316 g/mol. The number of methoxy groups -OCH3 is 1. The number of hydrogen-bond donors (Lipinski definition) is 1. The van der Waals surface area contributed by atoms with E-state index in [-0.39, 0.29) is 5.60 Å². The van der Waals surface area contributed by atoms with E-state index in [2.05, 4.69) is 0 Å². The highest BCUT2D eigenvalue weighted by molar-refractivity contribution is 7.99. The summed E-state index contributed by atoms with van der Waals surface area (Å²) in [6.07, 6.45) is 5.38. The van der Waals surface area contributed by atoms with Crippen LogP contribution in [0.1, 0.15) is 38.5 Å². The fourth-order valence-corrected chi connectivity index (χ4v) is 5.43. The van der Waals surface area contributed by atoms with E-state index >= 15 is 0 Å². The van der Waals surface area contributed by atoms with Crippen molar-refractivity contribution in [1.29, 1.82) is 0 Å². The first-order valence-electron chi connectivity index (χ1n) is 8.22. The molecule has 3 rings (SSSR count). The standard InChI is InChI=1S/C16H28O4S/c1-18-16(3-8-19-9-4-16)14(17)13-2-7-20-15(12-13)5-10-21-11-6-15/h13-14,17H,2-12H2,1H3. The summed E-state index contributed by atoms with van der Waals surface area (Å²) in [6.45, 7) is 2.16. The van der Waals surface area contributed by atoms with Crippen molar-refractivity contribution in [3.05, 3.63) is 0 Å². The molecule has 0 radical (unpaired) electrons. The molecule has 0 bridgehead atoms. The predicted molar refractivity (Wildman–Crippen MR) is 83.8 cm³/mol. The smallest absolute Gasteiger partial charge is 0.0982 e. The van der Waals surface area contributed by atoms with Gasteiger partial charge in [0.25, 0.3) is 0 Å². The van der Waals surface area contributed by atoms with Crippen LogP contribution in [-0.4, -0.2) is 60.8 Å². The molecule has 4 nitrogen and oxygen atoms in total. The number of rotatable bonds is 3. The minimum absolute atomic E-state index is 0.0231. The van der Waals surface area contributed by atoms with Gasteiger partial charge in [0.1, 0.15) is 0 Å². The molecule has 122 valence electrons. The minimum Gasteiger partial charge on any atom is -0.390 e. The van der Waals surface area contributed by atoms with Crippen LogP contribution < -0.4 is 0 Å². The second kappa shape index (κ2) is 6.75. The van der Waals surface area contributed by atoms with Gasteiger partial charge < -0.3 is 19.3 Å². The number of hydrogen-bond acceptors (Lipinski definition) is 5. The SMILES string of the molecule is COC1(C(O)C2CCOC3(CCSCC3)C2)CCOCC1. The molecule has 21 heavy (non-hydrogen) atoms. The third-order valence-corrected chi connectivity index (χ3v) is 6.65. The first kappa shape index (κ1) is 16.1. The van der Waals surface area contributed by atoms with Gasteiger partial charge in [-0.2, -0.15) is 11.8 Å². The van der Waals surface area contributed by atoms with Crippen LogP contribution in [0.25, 0.3) is 0 Å². The lowest BCUT2D eigenvalue weighted by atomic mass is 9.73. The van der Waals surface area contributed by atoms with Gasteiger partial charge in [-0.25, -0.2) is 0 Å². The summed E-state index contributed by atoms with van der Waals surface area (Å²) in [6, 6.07) is 0. The highest BCUT2D eigenvalue weighted by Crippen LogP contribution is 2.44. The van der Waals surface area contributed by atoms with Crippen molar-refractivity contribution in [3.63, 3.8) is 0 Å². The Kier molecular flexibility index (Phi) is 5.16. The van der Waals surface area contributed by atoms with Crippen LogP contribution in [0, 0.1) is 5.92 Å². The zero-order chi connectivity index (χ0) is 14.8. The normalized spacial score (nSPS) is 33.7. The second-order valence-corrected chi connectivity index (χ2v) is 7.95. The van der Waals surface area contributed by atoms with Gasteiger partial charge in [0.2, 0.25) is 0 Å². The van der Waals surface area contributed by atoms with Gasteiger partial charge in [0, 0.05) is 39.8 Å². The maximum atomic E-state index is 11.0. The van der Waals surface area contributed by atoms with Crippen LogP contribution in [0.3, 0.4) is 0 Å². The highest BCUT2D eigenvalue weighted by atomic mass is 32.2. The fourth-order valence-electron chi connectivity index (χ4n) is 4.19. The lowest BCUT2D eigenvalue weighted by Crippen LogP contribution is -2.55. The third kappa shape index (κ3) is 3.27. The maximum absolute atomic E-state index is 11.0.